The zero-order valence-electron chi connectivity index (χ0n) is 19.6. The Kier molecular flexibility index (Phi) is 8.64. The summed E-state index contributed by atoms with van der Waals surface area (Å²) < 4.78 is 5.25. The number of hydrogen-bond donors (Lipinski definition) is 1. The SMILES string of the molecule is CCCC(=O)N(Cc1ccc(OC)cc1)[C@@H](C(=O)NCc1ccc(C)cc1)c1ccccc1. The number of amides is 2. The molecule has 0 aliphatic carbocycles. The molecule has 33 heavy (non-hydrogen) atoms. The molecule has 0 fully saturated rings. The Morgan fingerprint density at radius 2 is 1.55 bits per heavy atom. The summed E-state index contributed by atoms with van der Waals surface area (Å²) >= 11 is 0. The second-order valence-electron chi connectivity index (χ2n) is 8.14. The van der Waals surface area contributed by atoms with E-state index in [1.165, 1.54) is 5.56 Å². The molecule has 2 amide bonds. The van der Waals surface area contributed by atoms with Gasteiger partial charge in [-0.15, -0.1) is 0 Å². The van der Waals surface area contributed by atoms with Crippen molar-refractivity contribution in [1.29, 1.82) is 0 Å². The number of ether oxygens (including phenoxy) is 1. The van der Waals surface area contributed by atoms with Gasteiger partial charge in [-0.25, -0.2) is 0 Å². The van der Waals surface area contributed by atoms with Crippen LogP contribution in [-0.2, 0) is 22.7 Å². The second kappa shape index (κ2) is 11.9. The van der Waals surface area contributed by atoms with Crippen LogP contribution >= 0.6 is 0 Å². The molecule has 3 rings (SSSR count). The molecule has 0 bridgehead atoms. The van der Waals surface area contributed by atoms with Crippen molar-refractivity contribution < 1.29 is 14.3 Å². The summed E-state index contributed by atoms with van der Waals surface area (Å²) in [5, 5.41) is 3.05. The van der Waals surface area contributed by atoms with Gasteiger partial charge in [0.05, 0.1) is 7.11 Å². The third-order valence-electron chi connectivity index (χ3n) is 5.56. The highest BCUT2D eigenvalue weighted by Crippen LogP contribution is 2.26. The van der Waals surface area contributed by atoms with E-state index in [1.807, 2.05) is 92.7 Å². The van der Waals surface area contributed by atoms with Crippen LogP contribution in [0.15, 0.2) is 78.9 Å². The Hall–Kier alpha value is -3.60. The van der Waals surface area contributed by atoms with Gasteiger partial charge in [-0.1, -0.05) is 79.2 Å². The summed E-state index contributed by atoms with van der Waals surface area (Å²) in [7, 11) is 1.62. The van der Waals surface area contributed by atoms with Crippen molar-refractivity contribution in [2.24, 2.45) is 0 Å². The maximum atomic E-state index is 13.5. The van der Waals surface area contributed by atoms with Crippen LogP contribution in [0.25, 0.3) is 0 Å². The maximum absolute atomic E-state index is 13.5. The van der Waals surface area contributed by atoms with Crippen LogP contribution in [-0.4, -0.2) is 23.8 Å². The predicted molar refractivity (Wildman–Crippen MR) is 131 cm³/mol. The third-order valence-corrected chi connectivity index (χ3v) is 5.56. The van der Waals surface area contributed by atoms with Gasteiger partial charge in [0.25, 0.3) is 0 Å². The van der Waals surface area contributed by atoms with E-state index in [9.17, 15) is 9.59 Å². The number of aryl methyl sites for hydroxylation is 1. The van der Waals surface area contributed by atoms with Crippen molar-refractivity contribution in [3.63, 3.8) is 0 Å². The first-order valence-corrected chi connectivity index (χ1v) is 11.3. The number of nitrogens with zero attached hydrogens (tertiary/aromatic N) is 1. The molecule has 172 valence electrons. The number of carbonyl (C=O) groups excluding carboxylic acids is 2. The number of hydrogen-bond acceptors (Lipinski definition) is 3. The molecular weight excluding hydrogens is 412 g/mol. The Labute approximate surface area is 196 Å². The van der Waals surface area contributed by atoms with Crippen molar-refractivity contribution in [2.45, 2.75) is 45.8 Å². The van der Waals surface area contributed by atoms with Crippen molar-refractivity contribution >= 4 is 11.8 Å². The molecule has 1 N–H and O–H groups in total. The molecule has 0 heterocycles. The van der Waals surface area contributed by atoms with Gasteiger partial charge in [0.1, 0.15) is 11.8 Å². The third kappa shape index (κ3) is 6.69. The zero-order valence-corrected chi connectivity index (χ0v) is 19.6. The fourth-order valence-electron chi connectivity index (χ4n) is 3.71. The zero-order chi connectivity index (χ0) is 23.6. The van der Waals surface area contributed by atoms with E-state index < -0.39 is 6.04 Å². The van der Waals surface area contributed by atoms with Crippen molar-refractivity contribution in [2.75, 3.05) is 7.11 Å². The number of methoxy groups -OCH3 is 1. The number of benzene rings is 3. The Balaban J connectivity index is 1.89. The summed E-state index contributed by atoms with van der Waals surface area (Å²) in [6.45, 7) is 4.74. The average molecular weight is 445 g/mol. The lowest BCUT2D eigenvalue weighted by atomic mass is 10.0. The lowest BCUT2D eigenvalue weighted by Gasteiger charge is -2.31. The fraction of sp³-hybridized carbons (Fsp3) is 0.286. The normalized spacial score (nSPS) is 11.5. The van der Waals surface area contributed by atoms with Crippen LogP contribution in [0.3, 0.4) is 0 Å². The van der Waals surface area contributed by atoms with Gasteiger partial charge >= 0.3 is 0 Å². The van der Waals surface area contributed by atoms with Gasteiger partial charge < -0.3 is 15.0 Å². The van der Waals surface area contributed by atoms with E-state index in [-0.39, 0.29) is 11.8 Å². The highest BCUT2D eigenvalue weighted by molar-refractivity contribution is 5.88. The summed E-state index contributed by atoms with van der Waals surface area (Å²) in [6, 6.07) is 24.4. The average Bonchev–Trinajstić information content (AvgIpc) is 2.84. The molecule has 5 nitrogen and oxygen atoms in total. The second-order valence-corrected chi connectivity index (χ2v) is 8.14. The molecule has 0 spiro atoms. The van der Waals surface area contributed by atoms with Crippen molar-refractivity contribution in [1.82, 2.24) is 10.2 Å². The van der Waals surface area contributed by atoms with Gasteiger partial charge in [-0.05, 0) is 42.2 Å². The van der Waals surface area contributed by atoms with E-state index in [0.717, 1.165) is 22.4 Å². The highest BCUT2D eigenvalue weighted by Gasteiger charge is 2.31. The standard InChI is InChI=1S/C28H32N2O3/c1-4-8-26(31)30(20-23-15-17-25(33-3)18-16-23)27(24-9-6-5-7-10-24)28(32)29-19-22-13-11-21(2)12-14-22/h5-7,9-18,27H,4,8,19-20H2,1-3H3,(H,29,32)/t27-/m1/s1. The molecule has 3 aromatic rings. The molecule has 0 aromatic heterocycles. The first-order chi connectivity index (χ1) is 16.0. The summed E-state index contributed by atoms with van der Waals surface area (Å²) in [5.74, 6) is 0.507. The highest BCUT2D eigenvalue weighted by atomic mass is 16.5. The van der Waals surface area contributed by atoms with Crippen LogP contribution in [0.1, 0.15) is 48.1 Å². The van der Waals surface area contributed by atoms with E-state index in [0.29, 0.717) is 25.9 Å². The molecule has 5 heteroatoms. The summed E-state index contributed by atoms with van der Waals surface area (Å²) in [5.41, 5.74) is 3.91. The van der Waals surface area contributed by atoms with E-state index in [4.69, 9.17) is 4.74 Å². The molecule has 0 radical (unpaired) electrons. The molecule has 0 saturated carbocycles. The van der Waals surface area contributed by atoms with Gasteiger partial charge in [0.15, 0.2) is 0 Å². The minimum absolute atomic E-state index is 0.0485. The van der Waals surface area contributed by atoms with Crippen LogP contribution < -0.4 is 10.1 Å². The Morgan fingerprint density at radius 3 is 2.15 bits per heavy atom. The molecule has 0 aliphatic heterocycles. The van der Waals surface area contributed by atoms with Crippen molar-refractivity contribution in [3.05, 3.63) is 101 Å². The Bertz CT molecular complexity index is 1030. The molecule has 0 aliphatic rings. The number of rotatable bonds is 10. The Morgan fingerprint density at radius 1 is 0.909 bits per heavy atom. The van der Waals surface area contributed by atoms with Gasteiger partial charge in [0.2, 0.25) is 11.8 Å². The number of nitrogens with one attached hydrogen (secondary N) is 1. The van der Waals surface area contributed by atoms with Crippen LogP contribution in [0.4, 0.5) is 0 Å². The molecule has 3 aromatic carbocycles. The van der Waals surface area contributed by atoms with Gasteiger partial charge in [-0.2, -0.15) is 0 Å². The molecule has 1 atom stereocenters. The summed E-state index contributed by atoms with van der Waals surface area (Å²) in [6.07, 6.45) is 1.09. The van der Waals surface area contributed by atoms with E-state index in [1.54, 1.807) is 12.0 Å². The fourth-order valence-corrected chi connectivity index (χ4v) is 3.71. The molecule has 0 saturated heterocycles. The molecule has 0 unspecified atom stereocenters. The minimum Gasteiger partial charge on any atom is -0.497 e. The lowest BCUT2D eigenvalue weighted by molar-refractivity contribution is -0.141. The van der Waals surface area contributed by atoms with E-state index >= 15 is 0 Å². The quantitative estimate of drug-likeness (QED) is 0.468. The summed E-state index contributed by atoms with van der Waals surface area (Å²) in [4.78, 5) is 28.4. The van der Waals surface area contributed by atoms with Crippen LogP contribution in [0, 0.1) is 6.92 Å². The minimum atomic E-state index is -0.724. The smallest absolute Gasteiger partial charge is 0.247 e. The topological polar surface area (TPSA) is 58.6 Å². The first kappa shape index (κ1) is 24.1. The van der Waals surface area contributed by atoms with Gasteiger partial charge in [0, 0.05) is 19.5 Å². The van der Waals surface area contributed by atoms with Crippen LogP contribution in [0.2, 0.25) is 0 Å². The van der Waals surface area contributed by atoms with E-state index in [2.05, 4.69) is 5.32 Å². The monoisotopic (exact) mass is 444 g/mol. The largest absolute Gasteiger partial charge is 0.497 e. The van der Waals surface area contributed by atoms with Crippen molar-refractivity contribution in [3.8, 4) is 5.75 Å². The van der Waals surface area contributed by atoms with Gasteiger partial charge in [-0.3, -0.25) is 9.59 Å². The van der Waals surface area contributed by atoms with Crippen LogP contribution in [0.5, 0.6) is 5.75 Å². The first-order valence-electron chi connectivity index (χ1n) is 11.3. The lowest BCUT2D eigenvalue weighted by Crippen LogP contribution is -2.43. The molecular formula is C28H32N2O3. The predicted octanol–water partition coefficient (Wildman–Crippen LogP) is 5.19. The number of carbonyl (C=O) groups is 2. The maximum Gasteiger partial charge on any atom is 0.247 e.